The average Bonchev–Trinajstić information content (AvgIpc) is 3.21. The van der Waals surface area contributed by atoms with E-state index in [1.807, 2.05) is 0 Å². The van der Waals surface area contributed by atoms with Gasteiger partial charge in [0.1, 0.15) is 0 Å². The van der Waals surface area contributed by atoms with Crippen LogP contribution in [-0.4, -0.2) is 9.13 Å². The van der Waals surface area contributed by atoms with Gasteiger partial charge in [0.25, 0.3) is 0 Å². The highest BCUT2D eigenvalue weighted by molar-refractivity contribution is 6.32. The molecule has 2 heteroatoms. The largest absolute Gasteiger partial charge is 0.309 e. The maximum atomic E-state index is 2.41. The normalized spacial score (nSPS) is 11.9. The van der Waals surface area contributed by atoms with Crippen molar-refractivity contribution in [3.63, 3.8) is 0 Å². The molecule has 2 heterocycles. The number of fused-ring (bicyclic) bond motifs is 20. The molecule has 0 amide bonds. The van der Waals surface area contributed by atoms with Crippen LogP contribution in [0.1, 0.15) is 0 Å². The molecule has 0 aliphatic rings. The van der Waals surface area contributed by atoms with Crippen molar-refractivity contribution in [1.82, 2.24) is 9.13 Å². The molecule has 2 nitrogen and oxygen atoms in total. The molecule has 0 spiro atoms. The minimum absolute atomic E-state index is 1.17. The first-order chi connectivity index (χ1) is 40.7. The van der Waals surface area contributed by atoms with Crippen molar-refractivity contribution in [2.24, 2.45) is 0 Å². The lowest BCUT2D eigenvalue weighted by molar-refractivity contribution is 1.18. The third kappa shape index (κ3) is 7.02. The van der Waals surface area contributed by atoms with Crippen molar-refractivity contribution in [2.75, 3.05) is 0 Å². The van der Waals surface area contributed by atoms with Gasteiger partial charge >= 0.3 is 0 Å². The van der Waals surface area contributed by atoms with E-state index in [2.05, 4.69) is 312 Å². The molecule has 0 N–H and O–H groups in total. The summed E-state index contributed by atoms with van der Waals surface area (Å²) in [4.78, 5) is 0. The zero-order valence-electron chi connectivity index (χ0n) is 44.8. The van der Waals surface area contributed by atoms with Gasteiger partial charge in [0.05, 0.1) is 22.1 Å². The number of hydrogen-bond acceptors (Lipinski definition) is 0. The summed E-state index contributed by atoms with van der Waals surface area (Å²) in [5, 5.41) is 25.9. The van der Waals surface area contributed by atoms with Crippen molar-refractivity contribution in [3.05, 3.63) is 303 Å². The molecule has 0 fully saturated rings. The fraction of sp³-hybridized carbons (Fsp3) is 0. The van der Waals surface area contributed by atoms with Crippen LogP contribution in [0.4, 0.5) is 0 Å². The maximum Gasteiger partial charge on any atom is 0.0541 e. The fourth-order valence-corrected chi connectivity index (χ4v) is 13.9. The van der Waals surface area contributed by atoms with Gasteiger partial charge in [-0.2, -0.15) is 0 Å². The van der Waals surface area contributed by atoms with Crippen LogP contribution in [0.25, 0.3) is 163 Å². The summed E-state index contributed by atoms with van der Waals surface area (Å²) >= 11 is 0. The highest BCUT2D eigenvalue weighted by atomic mass is 15.0. The Morgan fingerprint density at radius 2 is 0.500 bits per heavy atom. The summed E-state index contributed by atoms with van der Waals surface area (Å²) in [6.45, 7) is 0. The first-order valence-electron chi connectivity index (χ1n) is 28.4. The maximum absolute atomic E-state index is 2.41. The molecule has 18 aromatic rings. The van der Waals surface area contributed by atoms with E-state index in [4.69, 9.17) is 0 Å². The van der Waals surface area contributed by atoms with Crippen LogP contribution >= 0.6 is 0 Å². The van der Waals surface area contributed by atoms with Crippen molar-refractivity contribution < 1.29 is 0 Å². The first kappa shape index (κ1) is 46.1. The quantitative estimate of drug-likeness (QED) is 0.123. The highest BCUT2D eigenvalue weighted by Gasteiger charge is 2.19. The van der Waals surface area contributed by atoms with E-state index in [-0.39, 0.29) is 0 Å². The third-order valence-corrected chi connectivity index (χ3v) is 17.5. The lowest BCUT2D eigenvalue weighted by Crippen LogP contribution is -1.94. The molecule has 82 heavy (non-hydrogen) atoms. The van der Waals surface area contributed by atoms with Gasteiger partial charge in [-0.05, 0) is 175 Å². The number of nitrogens with zero attached hydrogens (tertiary/aromatic N) is 2. The van der Waals surface area contributed by atoms with E-state index < -0.39 is 0 Å². The van der Waals surface area contributed by atoms with Crippen LogP contribution in [0.5, 0.6) is 0 Å². The van der Waals surface area contributed by atoms with Crippen LogP contribution in [0, 0.1) is 0 Å². The van der Waals surface area contributed by atoms with E-state index >= 15 is 0 Å². The van der Waals surface area contributed by atoms with Crippen LogP contribution in [0.15, 0.2) is 303 Å². The Balaban J connectivity index is 0.000000130. The van der Waals surface area contributed by atoms with Gasteiger partial charge in [-0.3, -0.25) is 0 Å². The van der Waals surface area contributed by atoms with E-state index in [0.29, 0.717) is 0 Å². The summed E-state index contributed by atoms with van der Waals surface area (Å²) in [5.74, 6) is 0. The summed E-state index contributed by atoms with van der Waals surface area (Å²) in [6.07, 6.45) is 0. The third-order valence-electron chi connectivity index (χ3n) is 17.5. The van der Waals surface area contributed by atoms with Gasteiger partial charge in [0, 0.05) is 32.9 Å². The summed E-state index contributed by atoms with van der Waals surface area (Å²) in [5.41, 5.74) is 12.3. The number of hydrogen-bond donors (Lipinski definition) is 0. The van der Waals surface area contributed by atoms with Crippen molar-refractivity contribution in [3.8, 4) is 33.6 Å². The molecule has 0 bridgehead atoms. The van der Waals surface area contributed by atoms with E-state index in [1.54, 1.807) is 0 Å². The molecule has 18 rings (SSSR count). The molecular weight excluding hydrogens is 989 g/mol. The fourth-order valence-electron chi connectivity index (χ4n) is 13.9. The van der Waals surface area contributed by atoms with Crippen LogP contribution in [-0.2, 0) is 0 Å². The minimum Gasteiger partial charge on any atom is -0.309 e. The van der Waals surface area contributed by atoms with Crippen molar-refractivity contribution in [2.45, 2.75) is 0 Å². The lowest BCUT2D eigenvalue weighted by Gasteiger charge is -2.17. The van der Waals surface area contributed by atoms with Crippen molar-refractivity contribution >= 4 is 130 Å². The predicted molar refractivity (Wildman–Crippen MR) is 352 cm³/mol. The van der Waals surface area contributed by atoms with Gasteiger partial charge in [-0.1, -0.05) is 237 Å². The Bertz CT molecular complexity index is 5500. The van der Waals surface area contributed by atoms with Crippen LogP contribution < -0.4 is 0 Å². The van der Waals surface area contributed by atoms with Gasteiger partial charge in [0.2, 0.25) is 0 Å². The van der Waals surface area contributed by atoms with E-state index in [0.717, 1.165) is 0 Å². The molecule has 0 saturated carbocycles. The van der Waals surface area contributed by atoms with Gasteiger partial charge in [-0.15, -0.1) is 0 Å². The number of benzene rings is 16. The number of rotatable bonds is 4. The van der Waals surface area contributed by atoms with Gasteiger partial charge in [-0.25, -0.2) is 0 Å². The Morgan fingerprint density at radius 1 is 0.183 bits per heavy atom. The monoisotopic (exact) mass is 1040 g/mol. The molecule has 0 atom stereocenters. The molecule has 0 radical (unpaired) electrons. The zero-order chi connectivity index (χ0) is 53.8. The van der Waals surface area contributed by atoms with Gasteiger partial charge < -0.3 is 9.13 Å². The molecule has 0 unspecified atom stereocenters. The second-order valence-electron chi connectivity index (χ2n) is 21.8. The standard InChI is InChI=1S/2C40H25N/c1-3-13-32-30(11-1)31-12-2-4-14-33(31)38-25-36-27(24-37(32)38)10-9-17-29(36)26-20-22-28(23-21-26)41-39-18-7-5-15-34(39)35-16-6-8-19-40(35)41;1-2-12-29-27(11-1)25-36-32-15-4-3-13-30(32)31-14-5-6-18-35(31)40(36)39(29)26-21-23-28(24-22-26)41-37-19-9-7-16-33(37)34-17-8-10-20-38(34)41/h2*1-25H. The molecule has 0 aliphatic carbocycles. The Morgan fingerprint density at radius 3 is 0.976 bits per heavy atom. The topological polar surface area (TPSA) is 9.86 Å². The van der Waals surface area contributed by atoms with Gasteiger partial charge in [0.15, 0.2) is 0 Å². The molecule has 380 valence electrons. The second kappa shape index (κ2) is 18.4. The summed E-state index contributed by atoms with van der Waals surface area (Å²) in [6, 6.07) is 111. The number of para-hydroxylation sites is 4. The van der Waals surface area contributed by atoms with Crippen LogP contribution in [0.2, 0.25) is 0 Å². The number of aromatic nitrogens is 2. The summed E-state index contributed by atoms with van der Waals surface area (Å²) in [7, 11) is 0. The van der Waals surface area contributed by atoms with Crippen molar-refractivity contribution in [1.29, 1.82) is 0 Å². The molecule has 0 saturated heterocycles. The zero-order valence-corrected chi connectivity index (χ0v) is 44.8. The second-order valence-corrected chi connectivity index (χ2v) is 21.8. The molecular formula is C80H50N2. The molecule has 16 aromatic carbocycles. The average molecular weight is 1040 g/mol. The summed E-state index contributed by atoms with van der Waals surface area (Å²) < 4.78 is 4.76. The van der Waals surface area contributed by atoms with E-state index in [9.17, 15) is 0 Å². The first-order valence-corrected chi connectivity index (χ1v) is 28.4. The minimum atomic E-state index is 1.17. The Kier molecular flexibility index (Phi) is 10.3. The predicted octanol–water partition coefficient (Wildman–Crippen LogP) is 22.1. The molecule has 0 aliphatic heterocycles. The smallest absolute Gasteiger partial charge is 0.0541 e. The van der Waals surface area contributed by atoms with E-state index in [1.165, 1.54) is 163 Å². The highest BCUT2D eigenvalue weighted by Crippen LogP contribution is 2.46. The molecule has 2 aromatic heterocycles. The van der Waals surface area contributed by atoms with Crippen LogP contribution in [0.3, 0.4) is 0 Å². The Hall–Kier alpha value is -10.8. The SMILES string of the molecule is c1cc(-c2ccc(-n3c4ccccc4c4ccccc43)cc2)c2cc3c4ccccc4c4ccccc4c3cc2c1.c1ccc2c(-c3ccc(-n4c5ccccc5c5ccccc54)cc3)c3c4ccccc4c4ccccc4c3cc2c1. The Labute approximate surface area is 473 Å². The lowest BCUT2D eigenvalue weighted by atomic mass is 9.86.